The lowest BCUT2D eigenvalue weighted by Gasteiger charge is -2.29. The van der Waals surface area contributed by atoms with Crippen molar-refractivity contribution in [2.45, 2.75) is 46.0 Å². The molecule has 1 N–H and O–H groups in total. The third-order valence-electron chi connectivity index (χ3n) is 2.96. The highest BCUT2D eigenvalue weighted by atomic mass is 19.4. The number of aliphatic imine (C=N–C) groups is 1. The molecule has 0 radical (unpaired) electrons. The number of rotatable bonds is 4. The molecule has 1 heterocycles. The number of carbonyl (C=O) groups is 2. The molecule has 2 amide bonds. The van der Waals surface area contributed by atoms with Gasteiger partial charge < -0.3 is 5.32 Å². The number of nitrogens with zero attached hydrogens (tertiary/aromatic N) is 2. The summed E-state index contributed by atoms with van der Waals surface area (Å²) in [5.41, 5.74) is -3.19. The van der Waals surface area contributed by atoms with E-state index < -0.39 is 29.6 Å². The van der Waals surface area contributed by atoms with Crippen LogP contribution >= 0.6 is 0 Å². The molecular weight excluding hydrogens is 275 g/mol. The summed E-state index contributed by atoms with van der Waals surface area (Å²) >= 11 is 0. The Morgan fingerprint density at radius 1 is 1.45 bits per heavy atom. The molecule has 0 aliphatic carbocycles. The highest BCUT2D eigenvalue weighted by molar-refractivity contribution is 6.09. The highest BCUT2D eigenvalue weighted by Crippen LogP contribution is 2.37. The SMILES string of the molecule is CCCN1C(=O)C(NC(=O)C(C)C)(C(F)(F)F)N=C1C. The summed E-state index contributed by atoms with van der Waals surface area (Å²) in [5, 5.41) is 1.76. The molecule has 1 rings (SSSR count). The fraction of sp³-hybridized carbons (Fsp3) is 0.750. The van der Waals surface area contributed by atoms with Crippen LogP contribution in [0.4, 0.5) is 13.2 Å². The van der Waals surface area contributed by atoms with Crippen molar-refractivity contribution in [1.82, 2.24) is 10.2 Å². The summed E-state index contributed by atoms with van der Waals surface area (Å²) < 4.78 is 39.9. The molecule has 5 nitrogen and oxygen atoms in total. The van der Waals surface area contributed by atoms with Crippen molar-refractivity contribution >= 4 is 17.6 Å². The quantitative estimate of drug-likeness (QED) is 0.857. The maximum absolute atomic E-state index is 13.3. The maximum Gasteiger partial charge on any atom is 0.442 e. The molecule has 1 atom stereocenters. The molecule has 0 spiro atoms. The predicted molar refractivity (Wildman–Crippen MR) is 66.9 cm³/mol. The molecular formula is C12H18F3N3O2. The van der Waals surface area contributed by atoms with Gasteiger partial charge in [-0.1, -0.05) is 20.8 Å². The van der Waals surface area contributed by atoms with Crippen molar-refractivity contribution < 1.29 is 22.8 Å². The van der Waals surface area contributed by atoms with Gasteiger partial charge in [0.2, 0.25) is 5.91 Å². The Morgan fingerprint density at radius 2 is 2.00 bits per heavy atom. The maximum atomic E-state index is 13.3. The van der Waals surface area contributed by atoms with E-state index >= 15 is 0 Å². The largest absolute Gasteiger partial charge is 0.442 e. The van der Waals surface area contributed by atoms with Crippen LogP contribution in [0.1, 0.15) is 34.1 Å². The minimum Gasteiger partial charge on any atom is -0.316 e. The first kappa shape index (κ1) is 16.5. The van der Waals surface area contributed by atoms with Gasteiger partial charge in [0.25, 0.3) is 5.91 Å². The van der Waals surface area contributed by atoms with Crippen LogP contribution in [0.2, 0.25) is 0 Å². The van der Waals surface area contributed by atoms with Crippen molar-refractivity contribution in [3.63, 3.8) is 0 Å². The Kier molecular flexibility index (Phi) is 4.45. The number of amidine groups is 1. The summed E-state index contributed by atoms with van der Waals surface area (Å²) in [6, 6.07) is 0. The molecule has 1 aliphatic heterocycles. The van der Waals surface area contributed by atoms with E-state index in [1.54, 1.807) is 12.2 Å². The summed E-state index contributed by atoms with van der Waals surface area (Å²) in [6.45, 7) is 6.07. The molecule has 0 aromatic rings. The Hall–Kier alpha value is -1.60. The molecule has 8 heteroatoms. The second-order valence-electron chi connectivity index (χ2n) is 4.97. The monoisotopic (exact) mass is 293 g/mol. The fourth-order valence-electron chi connectivity index (χ4n) is 1.84. The van der Waals surface area contributed by atoms with E-state index in [1.165, 1.54) is 20.8 Å². The fourth-order valence-corrected chi connectivity index (χ4v) is 1.84. The molecule has 0 fully saturated rings. The van der Waals surface area contributed by atoms with E-state index in [9.17, 15) is 22.8 Å². The average molecular weight is 293 g/mol. The number of amides is 2. The van der Waals surface area contributed by atoms with Crippen molar-refractivity contribution in [2.24, 2.45) is 10.9 Å². The van der Waals surface area contributed by atoms with Gasteiger partial charge in [-0.2, -0.15) is 13.2 Å². The van der Waals surface area contributed by atoms with Crippen molar-refractivity contribution in [3.8, 4) is 0 Å². The number of alkyl halides is 3. The van der Waals surface area contributed by atoms with E-state index in [2.05, 4.69) is 4.99 Å². The lowest BCUT2D eigenvalue weighted by Crippen LogP contribution is -2.64. The molecule has 114 valence electrons. The third kappa shape index (κ3) is 2.64. The number of nitrogens with one attached hydrogen (secondary N) is 1. The Morgan fingerprint density at radius 3 is 2.40 bits per heavy atom. The van der Waals surface area contributed by atoms with Crippen LogP contribution in [-0.4, -0.2) is 40.9 Å². The second kappa shape index (κ2) is 5.41. The van der Waals surface area contributed by atoms with Gasteiger partial charge in [-0.25, -0.2) is 4.99 Å². The zero-order valence-electron chi connectivity index (χ0n) is 11.8. The van der Waals surface area contributed by atoms with Gasteiger partial charge in [0.1, 0.15) is 5.84 Å². The Bertz CT molecular complexity index is 446. The van der Waals surface area contributed by atoms with Crippen molar-refractivity contribution in [2.75, 3.05) is 6.54 Å². The van der Waals surface area contributed by atoms with Gasteiger partial charge in [0.15, 0.2) is 0 Å². The van der Waals surface area contributed by atoms with Crippen LogP contribution in [0, 0.1) is 5.92 Å². The zero-order valence-corrected chi connectivity index (χ0v) is 11.8. The number of hydrogen-bond acceptors (Lipinski definition) is 3. The summed E-state index contributed by atoms with van der Waals surface area (Å²) in [7, 11) is 0. The van der Waals surface area contributed by atoms with Gasteiger partial charge >= 0.3 is 11.8 Å². The number of halogens is 3. The molecule has 20 heavy (non-hydrogen) atoms. The summed E-state index contributed by atoms with van der Waals surface area (Å²) in [4.78, 5) is 28.1. The van der Waals surface area contributed by atoms with E-state index in [4.69, 9.17) is 0 Å². The average Bonchev–Trinajstić information content (AvgIpc) is 2.54. The molecule has 0 aromatic carbocycles. The topological polar surface area (TPSA) is 61.8 Å². The normalized spacial score (nSPS) is 23.3. The lowest BCUT2D eigenvalue weighted by atomic mass is 10.1. The molecule has 0 saturated carbocycles. The predicted octanol–water partition coefficient (Wildman–Crippen LogP) is 1.69. The van der Waals surface area contributed by atoms with E-state index in [1.807, 2.05) is 0 Å². The van der Waals surface area contributed by atoms with Gasteiger partial charge in [0.05, 0.1) is 0 Å². The molecule has 1 unspecified atom stereocenters. The van der Waals surface area contributed by atoms with Crippen molar-refractivity contribution in [3.05, 3.63) is 0 Å². The van der Waals surface area contributed by atoms with E-state index in [0.29, 0.717) is 6.42 Å². The van der Waals surface area contributed by atoms with Crippen LogP contribution < -0.4 is 5.32 Å². The van der Waals surface area contributed by atoms with Gasteiger partial charge in [-0.05, 0) is 13.3 Å². The molecule has 0 bridgehead atoms. The van der Waals surface area contributed by atoms with Crippen LogP contribution in [0.3, 0.4) is 0 Å². The first-order valence-electron chi connectivity index (χ1n) is 6.34. The third-order valence-corrected chi connectivity index (χ3v) is 2.96. The zero-order chi connectivity index (χ0) is 15.7. The van der Waals surface area contributed by atoms with Crippen LogP contribution in [0.25, 0.3) is 0 Å². The van der Waals surface area contributed by atoms with Crippen LogP contribution in [0.15, 0.2) is 4.99 Å². The summed E-state index contributed by atoms with van der Waals surface area (Å²) in [5.74, 6) is -2.85. The van der Waals surface area contributed by atoms with Gasteiger partial charge in [0, 0.05) is 12.5 Å². The summed E-state index contributed by atoms with van der Waals surface area (Å²) in [6.07, 6.45) is -4.50. The van der Waals surface area contributed by atoms with Crippen molar-refractivity contribution in [1.29, 1.82) is 0 Å². The Balaban J connectivity index is 3.23. The van der Waals surface area contributed by atoms with E-state index in [0.717, 1.165) is 4.90 Å². The van der Waals surface area contributed by atoms with Crippen LogP contribution in [0.5, 0.6) is 0 Å². The number of carbonyl (C=O) groups excluding carboxylic acids is 2. The first-order chi connectivity index (χ1) is 9.06. The first-order valence-corrected chi connectivity index (χ1v) is 6.34. The minimum absolute atomic E-state index is 0.0433. The Labute approximate surface area is 115 Å². The smallest absolute Gasteiger partial charge is 0.316 e. The highest BCUT2D eigenvalue weighted by Gasteiger charge is 2.66. The van der Waals surface area contributed by atoms with E-state index in [-0.39, 0.29) is 12.4 Å². The number of hydrogen-bond donors (Lipinski definition) is 1. The van der Waals surface area contributed by atoms with Crippen LogP contribution in [-0.2, 0) is 9.59 Å². The molecule has 0 saturated heterocycles. The standard InChI is InChI=1S/C12H18F3N3O2/c1-5-6-18-8(4)16-11(10(18)20,12(13,14)15)17-9(19)7(2)3/h7H,5-6H2,1-4H3,(H,17,19). The second-order valence-corrected chi connectivity index (χ2v) is 4.97. The molecule has 0 aromatic heterocycles. The minimum atomic E-state index is -4.99. The lowest BCUT2D eigenvalue weighted by molar-refractivity contribution is -0.200. The van der Waals surface area contributed by atoms with Gasteiger partial charge in [-0.15, -0.1) is 0 Å². The molecule has 1 aliphatic rings. The van der Waals surface area contributed by atoms with Gasteiger partial charge in [-0.3, -0.25) is 14.5 Å².